The topological polar surface area (TPSA) is 72.4 Å². The van der Waals surface area contributed by atoms with Crippen molar-refractivity contribution in [3.8, 4) is 0 Å². The highest BCUT2D eigenvalue weighted by atomic mass is 16.5. The molecule has 35 heavy (non-hydrogen) atoms. The van der Waals surface area contributed by atoms with E-state index < -0.39 is 0 Å². The van der Waals surface area contributed by atoms with E-state index in [1.165, 1.54) is 18.1 Å². The van der Waals surface area contributed by atoms with Gasteiger partial charge in [-0.15, -0.1) is 0 Å². The van der Waals surface area contributed by atoms with Gasteiger partial charge in [0.05, 0.1) is 0 Å². The van der Waals surface area contributed by atoms with Crippen LogP contribution in [0.5, 0.6) is 0 Å². The van der Waals surface area contributed by atoms with Gasteiger partial charge < -0.3 is 19.9 Å². The first-order chi connectivity index (χ1) is 17.0. The van der Waals surface area contributed by atoms with Gasteiger partial charge in [0.15, 0.2) is 0 Å². The van der Waals surface area contributed by atoms with Crippen LogP contribution in [-0.4, -0.2) is 22.6 Å². The zero-order valence-electron chi connectivity index (χ0n) is 19.7. The summed E-state index contributed by atoms with van der Waals surface area (Å²) in [6.45, 7) is 2.56. The molecule has 1 aliphatic rings. The zero-order chi connectivity index (χ0) is 24.2. The number of alkyl carbamates (subject to hydrolysis) is 1. The summed E-state index contributed by atoms with van der Waals surface area (Å²) in [4.78, 5) is 23.9. The molecular formula is C29H29N3O3. The number of hydrogen-bond acceptors (Lipinski definition) is 3. The number of carbonyl (C=O) groups is 2. The van der Waals surface area contributed by atoms with E-state index in [1.807, 2.05) is 42.5 Å². The van der Waals surface area contributed by atoms with Crippen molar-refractivity contribution < 1.29 is 14.3 Å². The largest absolute Gasteiger partial charge is 0.445 e. The molecule has 2 amide bonds. The van der Waals surface area contributed by atoms with E-state index in [-0.39, 0.29) is 24.6 Å². The molecule has 0 unspecified atom stereocenters. The van der Waals surface area contributed by atoms with Crippen molar-refractivity contribution >= 4 is 28.6 Å². The van der Waals surface area contributed by atoms with E-state index >= 15 is 0 Å². The predicted octanol–water partition coefficient (Wildman–Crippen LogP) is 5.82. The fourth-order valence-electron chi connectivity index (χ4n) is 4.76. The molecule has 2 N–H and O–H groups in total. The van der Waals surface area contributed by atoms with Crippen LogP contribution in [0.1, 0.15) is 42.4 Å². The van der Waals surface area contributed by atoms with Crippen molar-refractivity contribution in [2.45, 2.75) is 44.9 Å². The normalized spacial score (nSPS) is 16.9. The minimum absolute atomic E-state index is 0.0865. The maximum atomic E-state index is 12.3. The quantitative estimate of drug-likeness (QED) is 0.360. The highest BCUT2D eigenvalue weighted by Crippen LogP contribution is 2.41. The highest BCUT2D eigenvalue weighted by Gasteiger charge is 2.33. The van der Waals surface area contributed by atoms with E-state index in [0.29, 0.717) is 5.92 Å². The molecule has 0 radical (unpaired) electrons. The number of ether oxygens (including phenoxy) is 1. The van der Waals surface area contributed by atoms with Crippen LogP contribution >= 0.6 is 0 Å². The van der Waals surface area contributed by atoms with Crippen LogP contribution in [0.3, 0.4) is 0 Å². The van der Waals surface area contributed by atoms with Gasteiger partial charge in [0.1, 0.15) is 6.61 Å². The number of anilines is 1. The molecule has 1 saturated carbocycles. The van der Waals surface area contributed by atoms with Crippen molar-refractivity contribution in [2.24, 2.45) is 0 Å². The SMILES string of the molecule is CC(=O)Nc1ccc2c(c1)c([C@H]1C[C@H](NC(=O)OCc3ccccc3)C1)cn2Cc1ccccc1. The van der Waals surface area contributed by atoms with E-state index in [1.54, 1.807) is 0 Å². The highest BCUT2D eigenvalue weighted by molar-refractivity contribution is 5.94. The van der Waals surface area contributed by atoms with Crippen LogP contribution in [0.2, 0.25) is 0 Å². The minimum Gasteiger partial charge on any atom is -0.445 e. The molecule has 6 nitrogen and oxygen atoms in total. The number of hydrogen-bond donors (Lipinski definition) is 2. The molecule has 4 aromatic rings. The number of nitrogens with one attached hydrogen (secondary N) is 2. The van der Waals surface area contributed by atoms with Gasteiger partial charge in [-0.1, -0.05) is 60.7 Å². The van der Waals surface area contributed by atoms with Gasteiger partial charge in [0, 0.05) is 42.3 Å². The standard InChI is InChI=1S/C29H29N3O3/c1-20(33)30-24-12-13-28-26(16-24)27(18-32(28)17-21-8-4-2-5-9-21)23-14-25(15-23)31-29(34)35-19-22-10-6-3-7-11-22/h2-13,16,18,23,25H,14-15,17,19H2,1H3,(H,30,33)(H,31,34)/t23-,25-. The van der Waals surface area contributed by atoms with Crippen LogP contribution in [-0.2, 0) is 22.7 Å². The molecule has 0 atom stereocenters. The van der Waals surface area contributed by atoms with Gasteiger partial charge in [-0.2, -0.15) is 0 Å². The number of aromatic nitrogens is 1. The Morgan fingerprint density at radius 2 is 1.63 bits per heavy atom. The van der Waals surface area contributed by atoms with Gasteiger partial charge in [-0.05, 0) is 53.6 Å². The number of amides is 2. The Kier molecular flexibility index (Phi) is 6.53. The molecule has 3 aromatic carbocycles. The van der Waals surface area contributed by atoms with Crippen LogP contribution in [0.15, 0.2) is 85.1 Å². The molecular weight excluding hydrogens is 438 g/mol. The second-order valence-corrected chi connectivity index (χ2v) is 9.18. The summed E-state index contributed by atoms with van der Waals surface area (Å²) in [5.74, 6) is 0.248. The second kappa shape index (κ2) is 10.1. The van der Waals surface area contributed by atoms with Gasteiger partial charge in [0.2, 0.25) is 5.91 Å². The van der Waals surface area contributed by atoms with Crippen molar-refractivity contribution in [1.82, 2.24) is 9.88 Å². The lowest BCUT2D eigenvalue weighted by Crippen LogP contribution is -2.43. The monoisotopic (exact) mass is 467 g/mol. The van der Waals surface area contributed by atoms with E-state index in [2.05, 4.69) is 57.8 Å². The van der Waals surface area contributed by atoms with Crippen molar-refractivity contribution in [3.63, 3.8) is 0 Å². The lowest BCUT2D eigenvalue weighted by atomic mass is 9.76. The molecule has 178 valence electrons. The summed E-state index contributed by atoms with van der Waals surface area (Å²) < 4.78 is 7.64. The molecule has 0 bridgehead atoms. The maximum absolute atomic E-state index is 12.3. The Balaban J connectivity index is 1.29. The second-order valence-electron chi connectivity index (χ2n) is 9.18. The predicted molar refractivity (Wildman–Crippen MR) is 137 cm³/mol. The minimum atomic E-state index is -0.378. The Labute approximate surface area is 204 Å². The first kappa shape index (κ1) is 22.7. The van der Waals surface area contributed by atoms with Crippen molar-refractivity contribution in [1.29, 1.82) is 0 Å². The molecule has 0 spiro atoms. The molecule has 1 aliphatic carbocycles. The first-order valence-corrected chi connectivity index (χ1v) is 12.0. The van der Waals surface area contributed by atoms with E-state index in [4.69, 9.17) is 4.74 Å². The third kappa shape index (κ3) is 5.38. The summed E-state index contributed by atoms with van der Waals surface area (Å²) in [5.41, 5.74) is 5.38. The summed E-state index contributed by atoms with van der Waals surface area (Å²) in [7, 11) is 0. The molecule has 0 aliphatic heterocycles. The molecule has 0 saturated heterocycles. The molecule has 6 heteroatoms. The summed E-state index contributed by atoms with van der Waals surface area (Å²) >= 11 is 0. The van der Waals surface area contributed by atoms with E-state index in [9.17, 15) is 9.59 Å². The first-order valence-electron chi connectivity index (χ1n) is 12.0. The Morgan fingerprint density at radius 3 is 2.31 bits per heavy atom. The average molecular weight is 468 g/mol. The summed E-state index contributed by atoms with van der Waals surface area (Å²) in [6.07, 6.45) is 3.56. The Bertz CT molecular complexity index is 1330. The van der Waals surface area contributed by atoms with Gasteiger partial charge in [-0.25, -0.2) is 4.79 Å². The summed E-state index contributed by atoms with van der Waals surface area (Å²) in [6, 6.07) is 26.2. The van der Waals surface area contributed by atoms with Crippen LogP contribution in [0.25, 0.3) is 10.9 Å². The van der Waals surface area contributed by atoms with Gasteiger partial charge in [-0.3, -0.25) is 4.79 Å². The van der Waals surface area contributed by atoms with Crippen LogP contribution < -0.4 is 10.6 Å². The lowest BCUT2D eigenvalue weighted by Gasteiger charge is -2.35. The fourth-order valence-corrected chi connectivity index (χ4v) is 4.76. The number of fused-ring (bicyclic) bond motifs is 1. The summed E-state index contributed by atoms with van der Waals surface area (Å²) in [5, 5.41) is 7.03. The zero-order valence-corrected chi connectivity index (χ0v) is 19.7. The van der Waals surface area contributed by atoms with Gasteiger partial charge >= 0.3 is 6.09 Å². The van der Waals surface area contributed by atoms with E-state index in [0.717, 1.165) is 41.5 Å². The average Bonchev–Trinajstić information content (AvgIpc) is 3.17. The molecule has 1 fully saturated rings. The smallest absolute Gasteiger partial charge is 0.407 e. The number of carbonyl (C=O) groups excluding carboxylic acids is 2. The van der Waals surface area contributed by atoms with Crippen molar-refractivity contribution in [3.05, 3.63) is 102 Å². The molecule has 5 rings (SSSR count). The van der Waals surface area contributed by atoms with Crippen LogP contribution in [0.4, 0.5) is 10.5 Å². The fraction of sp³-hybridized carbons (Fsp3) is 0.241. The van der Waals surface area contributed by atoms with Crippen molar-refractivity contribution in [2.75, 3.05) is 5.32 Å². The Hall–Kier alpha value is -4.06. The molecule has 1 heterocycles. The number of nitrogens with zero attached hydrogens (tertiary/aromatic N) is 1. The lowest BCUT2D eigenvalue weighted by molar-refractivity contribution is -0.114. The third-order valence-electron chi connectivity index (χ3n) is 6.54. The number of rotatable bonds is 7. The number of benzene rings is 3. The Morgan fingerprint density at radius 1 is 0.943 bits per heavy atom. The maximum Gasteiger partial charge on any atom is 0.407 e. The van der Waals surface area contributed by atoms with Gasteiger partial charge in [0.25, 0.3) is 0 Å². The molecule has 1 aromatic heterocycles. The third-order valence-corrected chi connectivity index (χ3v) is 6.54. The van der Waals surface area contributed by atoms with Crippen LogP contribution in [0, 0.1) is 0 Å².